The highest BCUT2D eigenvalue weighted by Gasteiger charge is 2.23. The Kier molecular flexibility index (Phi) is 5.20. The molecule has 0 radical (unpaired) electrons. The lowest BCUT2D eigenvalue weighted by Crippen LogP contribution is -2.33. The van der Waals surface area contributed by atoms with Gasteiger partial charge in [-0.3, -0.25) is 0 Å². The van der Waals surface area contributed by atoms with E-state index in [0.29, 0.717) is 0 Å². The molecule has 1 unspecified atom stereocenters. The van der Waals surface area contributed by atoms with Crippen molar-refractivity contribution in [1.82, 2.24) is 0 Å². The average molecular weight is 238 g/mol. The highest BCUT2D eigenvalue weighted by atomic mass is 16.7. The second-order valence-electron chi connectivity index (χ2n) is 4.37. The third-order valence-corrected chi connectivity index (χ3v) is 2.25. The maximum atomic E-state index is 10.2. The van der Waals surface area contributed by atoms with Gasteiger partial charge in [-0.2, -0.15) is 0 Å². The van der Waals surface area contributed by atoms with E-state index in [1.54, 1.807) is 0 Å². The number of carboxylic acids is 1. The summed E-state index contributed by atoms with van der Waals surface area (Å²) in [4.78, 5) is 10.2. The van der Waals surface area contributed by atoms with Gasteiger partial charge >= 0.3 is 5.97 Å². The van der Waals surface area contributed by atoms with Crippen LogP contribution in [-0.4, -0.2) is 29.6 Å². The minimum atomic E-state index is -1.01. The summed E-state index contributed by atoms with van der Waals surface area (Å²) >= 11 is 0. The van der Waals surface area contributed by atoms with Crippen LogP contribution in [0.2, 0.25) is 0 Å². The number of carboxylic acid groups (broad SMARTS) is 1. The lowest BCUT2D eigenvalue weighted by molar-refractivity contribution is -0.199. The molecule has 1 atom stereocenters. The largest absolute Gasteiger partial charge is 0.478 e. The molecule has 1 N–H and O–H groups in total. The van der Waals surface area contributed by atoms with E-state index in [2.05, 4.69) is 11.8 Å². The van der Waals surface area contributed by atoms with Crippen LogP contribution in [-0.2, 0) is 14.3 Å². The van der Waals surface area contributed by atoms with Crippen molar-refractivity contribution in [1.29, 1.82) is 0 Å². The van der Waals surface area contributed by atoms with E-state index in [0.717, 1.165) is 31.9 Å². The Morgan fingerprint density at radius 1 is 1.53 bits per heavy atom. The van der Waals surface area contributed by atoms with Gasteiger partial charge in [-0.15, -0.1) is 0 Å². The van der Waals surface area contributed by atoms with Crippen molar-refractivity contribution in [2.45, 2.75) is 45.0 Å². The Morgan fingerprint density at radius 2 is 2.29 bits per heavy atom. The van der Waals surface area contributed by atoms with Gasteiger partial charge in [0.05, 0.1) is 0 Å². The molecule has 0 amide bonds. The van der Waals surface area contributed by atoms with Gasteiger partial charge < -0.3 is 14.6 Å². The predicted octanol–water partition coefficient (Wildman–Crippen LogP) is 1.95. The maximum absolute atomic E-state index is 10.2. The Morgan fingerprint density at radius 3 is 2.88 bits per heavy atom. The normalized spacial score (nSPS) is 20.9. The van der Waals surface area contributed by atoms with Gasteiger partial charge in [-0.1, -0.05) is 11.8 Å². The van der Waals surface area contributed by atoms with Crippen molar-refractivity contribution >= 4 is 5.97 Å². The highest BCUT2D eigenvalue weighted by Crippen LogP contribution is 2.19. The summed E-state index contributed by atoms with van der Waals surface area (Å²) in [6.07, 6.45) is 5.17. The lowest BCUT2D eigenvalue weighted by atomic mass is 10.1. The summed E-state index contributed by atoms with van der Waals surface area (Å²) < 4.78 is 11.2. The molecule has 0 aromatic carbocycles. The molecule has 17 heavy (non-hydrogen) atoms. The molecule has 0 aromatic heterocycles. The fourth-order valence-electron chi connectivity index (χ4n) is 1.49. The first-order valence-electron chi connectivity index (χ1n) is 5.71. The second-order valence-corrected chi connectivity index (χ2v) is 4.37. The van der Waals surface area contributed by atoms with Crippen molar-refractivity contribution < 1.29 is 19.4 Å². The standard InChI is InChI=1S/C13H18O4/c1-13(2,9-5-3-7-11(14)15)17-12-8-4-6-10-16-12/h3,7,12H,4,6,8,10H2,1-2H3,(H,14,15)/b7-3+. The Bertz CT molecular complexity index is 340. The summed E-state index contributed by atoms with van der Waals surface area (Å²) in [5.41, 5.74) is -0.634. The van der Waals surface area contributed by atoms with Crippen LogP contribution in [0.3, 0.4) is 0 Å². The molecule has 1 aliphatic heterocycles. The topological polar surface area (TPSA) is 55.8 Å². The van der Waals surface area contributed by atoms with Crippen molar-refractivity contribution in [2.24, 2.45) is 0 Å². The van der Waals surface area contributed by atoms with Gasteiger partial charge in [0.15, 0.2) is 6.29 Å². The van der Waals surface area contributed by atoms with Crippen molar-refractivity contribution in [3.63, 3.8) is 0 Å². The van der Waals surface area contributed by atoms with Crippen LogP contribution in [0.1, 0.15) is 33.1 Å². The molecule has 1 saturated heterocycles. The SMILES string of the molecule is CC(C)(C#C/C=C/C(=O)O)OC1CCCCO1. The van der Waals surface area contributed by atoms with Gasteiger partial charge in [0.2, 0.25) is 0 Å². The molecule has 1 fully saturated rings. The molecule has 1 heterocycles. The molecular weight excluding hydrogens is 220 g/mol. The molecule has 0 spiro atoms. The van der Waals surface area contributed by atoms with E-state index in [1.807, 2.05) is 13.8 Å². The molecule has 0 aromatic rings. The molecule has 4 heteroatoms. The summed E-state index contributed by atoms with van der Waals surface area (Å²) in [6.45, 7) is 4.41. The van der Waals surface area contributed by atoms with Crippen molar-refractivity contribution in [3.05, 3.63) is 12.2 Å². The fraction of sp³-hybridized carbons (Fsp3) is 0.615. The van der Waals surface area contributed by atoms with Crippen LogP contribution in [0.15, 0.2) is 12.2 Å². The van der Waals surface area contributed by atoms with Crippen molar-refractivity contribution in [2.75, 3.05) is 6.61 Å². The number of allylic oxidation sites excluding steroid dienone is 1. The first-order chi connectivity index (χ1) is 7.99. The Labute approximate surface area is 102 Å². The van der Waals surface area contributed by atoms with E-state index < -0.39 is 11.6 Å². The third kappa shape index (κ3) is 6.10. The molecule has 0 bridgehead atoms. The number of hydrogen-bond donors (Lipinski definition) is 1. The van der Waals surface area contributed by atoms with Crippen LogP contribution in [0, 0.1) is 11.8 Å². The zero-order valence-electron chi connectivity index (χ0n) is 10.2. The smallest absolute Gasteiger partial charge is 0.328 e. The number of aliphatic carboxylic acids is 1. The molecule has 1 rings (SSSR count). The number of carbonyl (C=O) groups is 1. The maximum Gasteiger partial charge on any atom is 0.328 e. The van der Waals surface area contributed by atoms with Crippen LogP contribution in [0.25, 0.3) is 0 Å². The fourth-order valence-corrected chi connectivity index (χ4v) is 1.49. The minimum Gasteiger partial charge on any atom is -0.478 e. The van der Waals surface area contributed by atoms with E-state index in [1.165, 1.54) is 6.08 Å². The molecule has 0 aliphatic carbocycles. The summed E-state index contributed by atoms with van der Waals surface area (Å²) in [6, 6.07) is 0. The quantitative estimate of drug-likeness (QED) is 0.603. The highest BCUT2D eigenvalue weighted by molar-refractivity contribution is 5.80. The van der Waals surface area contributed by atoms with Gasteiger partial charge in [0.25, 0.3) is 0 Å². The number of ether oxygens (including phenoxy) is 2. The molecular formula is C13H18O4. The summed E-state index contributed by atoms with van der Waals surface area (Å²) in [5, 5.41) is 8.40. The molecule has 1 aliphatic rings. The first-order valence-corrected chi connectivity index (χ1v) is 5.71. The van der Waals surface area contributed by atoms with Crippen LogP contribution >= 0.6 is 0 Å². The summed E-state index contributed by atoms with van der Waals surface area (Å²) in [5.74, 6) is 4.51. The summed E-state index contributed by atoms with van der Waals surface area (Å²) in [7, 11) is 0. The van der Waals surface area contributed by atoms with Crippen LogP contribution in [0.4, 0.5) is 0 Å². The minimum absolute atomic E-state index is 0.198. The first kappa shape index (κ1) is 13.8. The number of hydrogen-bond acceptors (Lipinski definition) is 3. The molecule has 0 saturated carbocycles. The monoisotopic (exact) mass is 238 g/mol. The van der Waals surface area contributed by atoms with Gasteiger partial charge in [0, 0.05) is 12.7 Å². The van der Waals surface area contributed by atoms with Crippen molar-refractivity contribution in [3.8, 4) is 11.8 Å². The predicted molar refractivity (Wildman–Crippen MR) is 63.3 cm³/mol. The lowest BCUT2D eigenvalue weighted by Gasteiger charge is -2.29. The Balaban J connectivity index is 2.46. The van der Waals surface area contributed by atoms with E-state index in [9.17, 15) is 4.79 Å². The van der Waals surface area contributed by atoms with Gasteiger partial charge in [0.1, 0.15) is 5.60 Å². The second kappa shape index (κ2) is 6.43. The van der Waals surface area contributed by atoms with Gasteiger partial charge in [-0.25, -0.2) is 4.79 Å². The third-order valence-electron chi connectivity index (χ3n) is 2.25. The van der Waals surface area contributed by atoms with E-state index >= 15 is 0 Å². The number of rotatable bonds is 3. The van der Waals surface area contributed by atoms with E-state index in [-0.39, 0.29) is 6.29 Å². The zero-order chi connectivity index (χ0) is 12.7. The van der Waals surface area contributed by atoms with E-state index in [4.69, 9.17) is 14.6 Å². The van der Waals surface area contributed by atoms with Crippen LogP contribution in [0.5, 0.6) is 0 Å². The Hall–Kier alpha value is -1.31. The molecule has 94 valence electrons. The zero-order valence-corrected chi connectivity index (χ0v) is 10.2. The average Bonchev–Trinajstić information content (AvgIpc) is 2.25. The molecule has 4 nitrogen and oxygen atoms in total. The van der Waals surface area contributed by atoms with Gasteiger partial charge in [-0.05, 0) is 39.2 Å². The van der Waals surface area contributed by atoms with Crippen LogP contribution < -0.4 is 0 Å².